The summed E-state index contributed by atoms with van der Waals surface area (Å²) in [5, 5.41) is 14.1. The first-order valence-electron chi connectivity index (χ1n) is 7.93. The molecule has 0 fully saturated rings. The summed E-state index contributed by atoms with van der Waals surface area (Å²) in [5.41, 5.74) is -0.163. The number of sulfonamides is 1. The Bertz CT molecular complexity index is 1200. The normalized spacial score (nSPS) is 12.2. The van der Waals surface area contributed by atoms with Crippen LogP contribution in [0.1, 0.15) is 27.3 Å². The Morgan fingerprint density at radius 1 is 1.21 bits per heavy atom. The number of carbonyl (C=O) groups excluding carboxylic acids is 1. The van der Waals surface area contributed by atoms with Crippen LogP contribution in [0.2, 0.25) is 0 Å². The van der Waals surface area contributed by atoms with E-state index >= 15 is 0 Å². The summed E-state index contributed by atoms with van der Waals surface area (Å²) in [7, 11) is -4.07. The van der Waals surface area contributed by atoms with E-state index in [1.54, 1.807) is 6.92 Å². The SMILES string of the molecule is Cc1cc(C(=O)Nc2nnc(S(N)(=O)=O)s2)c(C)n1-c1ccccc1C(F)(F)F. The molecule has 2 heterocycles. The lowest BCUT2D eigenvalue weighted by Gasteiger charge is -2.16. The van der Waals surface area contributed by atoms with Gasteiger partial charge in [0.15, 0.2) is 0 Å². The zero-order chi connectivity index (χ0) is 21.6. The van der Waals surface area contributed by atoms with Gasteiger partial charge in [-0.1, -0.05) is 23.5 Å². The number of alkyl halides is 3. The number of nitrogens with two attached hydrogens (primary N) is 1. The Kier molecular flexibility index (Phi) is 5.23. The van der Waals surface area contributed by atoms with Gasteiger partial charge in [0, 0.05) is 11.4 Å². The van der Waals surface area contributed by atoms with Crippen molar-refractivity contribution < 1.29 is 26.4 Å². The minimum absolute atomic E-state index is 0.104. The fraction of sp³-hybridized carbons (Fsp3) is 0.188. The lowest BCUT2D eigenvalue weighted by Crippen LogP contribution is -2.14. The topological polar surface area (TPSA) is 120 Å². The van der Waals surface area contributed by atoms with Crippen LogP contribution in [0.25, 0.3) is 5.69 Å². The first-order chi connectivity index (χ1) is 13.4. The number of para-hydroxylation sites is 1. The van der Waals surface area contributed by atoms with E-state index in [9.17, 15) is 26.4 Å². The van der Waals surface area contributed by atoms with E-state index in [2.05, 4.69) is 15.5 Å². The number of rotatable bonds is 4. The molecule has 1 amide bonds. The van der Waals surface area contributed by atoms with E-state index < -0.39 is 32.0 Å². The van der Waals surface area contributed by atoms with Crippen LogP contribution in [-0.2, 0) is 16.2 Å². The molecule has 0 saturated carbocycles. The first kappa shape index (κ1) is 21.0. The number of aryl methyl sites for hydroxylation is 1. The molecule has 0 bridgehead atoms. The molecule has 29 heavy (non-hydrogen) atoms. The predicted molar refractivity (Wildman–Crippen MR) is 99.5 cm³/mol. The van der Waals surface area contributed by atoms with Crippen LogP contribution in [0.15, 0.2) is 34.7 Å². The van der Waals surface area contributed by atoms with Gasteiger partial charge in [0.25, 0.3) is 15.9 Å². The molecule has 1 aromatic carbocycles. The Labute approximate surface area is 167 Å². The quantitative estimate of drug-likeness (QED) is 0.599. The standard InChI is InChI=1S/C16H14F3N5O3S2/c1-8-7-10(13(25)21-14-22-23-15(28-14)29(20,26)27)9(2)24(8)12-6-4-3-5-11(12)16(17,18)19/h3-7H,1-2H3,(H2,20,26,27)(H,21,22,25). The molecule has 0 spiro atoms. The maximum Gasteiger partial charge on any atom is 0.418 e. The lowest BCUT2D eigenvalue weighted by atomic mass is 10.1. The lowest BCUT2D eigenvalue weighted by molar-refractivity contribution is -0.137. The van der Waals surface area contributed by atoms with Crippen LogP contribution in [0.4, 0.5) is 18.3 Å². The highest BCUT2D eigenvalue weighted by Gasteiger charge is 2.34. The zero-order valence-corrected chi connectivity index (χ0v) is 16.6. The van der Waals surface area contributed by atoms with Crippen LogP contribution in [0, 0.1) is 13.8 Å². The second-order valence-electron chi connectivity index (χ2n) is 6.01. The number of anilines is 1. The van der Waals surface area contributed by atoms with Gasteiger partial charge >= 0.3 is 6.18 Å². The fourth-order valence-corrected chi connectivity index (χ4v) is 4.14. The Hall–Kier alpha value is -2.77. The third-order valence-electron chi connectivity index (χ3n) is 4.00. The minimum atomic E-state index is -4.57. The first-order valence-corrected chi connectivity index (χ1v) is 10.3. The average molecular weight is 445 g/mol. The summed E-state index contributed by atoms with van der Waals surface area (Å²) in [6, 6.07) is 6.46. The second kappa shape index (κ2) is 7.24. The number of carbonyl (C=O) groups is 1. The molecule has 8 nitrogen and oxygen atoms in total. The molecule has 0 radical (unpaired) electrons. The Morgan fingerprint density at radius 3 is 2.45 bits per heavy atom. The largest absolute Gasteiger partial charge is 0.418 e. The number of aromatic nitrogens is 3. The summed E-state index contributed by atoms with van der Waals surface area (Å²) in [6.45, 7) is 3.08. The van der Waals surface area contributed by atoms with Crippen LogP contribution in [0.3, 0.4) is 0 Å². The third-order valence-corrected chi connectivity index (χ3v) is 6.15. The molecule has 2 aromatic heterocycles. The zero-order valence-electron chi connectivity index (χ0n) is 15.0. The van der Waals surface area contributed by atoms with E-state index in [0.717, 1.165) is 6.07 Å². The molecule has 0 unspecified atom stereocenters. The number of primary sulfonamides is 1. The van der Waals surface area contributed by atoms with Crippen molar-refractivity contribution in [1.82, 2.24) is 14.8 Å². The molecular formula is C16H14F3N5O3S2. The van der Waals surface area contributed by atoms with Crippen LogP contribution in [0.5, 0.6) is 0 Å². The van der Waals surface area contributed by atoms with Crippen molar-refractivity contribution >= 4 is 32.4 Å². The van der Waals surface area contributed by atoms with Crippen molar-refractivity contribution in [1.29, 1.82) is 0 Å². The molecular weight excluding hydrogens is 431 g/mol. The van der Waals surface area contributed by atoms with E-state index in [0.29, 0.717) is 17.0 Å². The molecule has 0 aliphatic rings. The van der Waals surface area contributed by atoms with Gasteiger partial charge in [0.1, 0.15) is 0 Å². The van der Waals surface area contributed by atoms with Crippen molar-refractivity contribution in [3.63, 3.8) is 0 Å². The van der Waals surface area contributed by atoms with Gasteiger partial charge in [0.05, 0.1) is 16.8 Å². The molecule has 0 saturated heterocycles. The Balaban J connectivity index is 1.99. The summed E-state index contributed by atoms with van der Waals surface area (Å²) in [6.07, 6.45) is -4.57. The number of halogens is 3. The fourth-order valence-electron chi connectivity index (χ4n) is 2.81. The number of amides is 1. The maximum absolute atomic E-state index is 13.4. The molecule has 0 atom stereocenters. The van der Waals surface area contributed by atoms with E-state index in [4.69, 9.17) is 5.14 Å². The average Bonchev–Trinajstić information content (AvgIpc) is 3.18. The van der Waals surface area contributed by atoms with Gasteiger partial charge < -0.3 is 4.57 Å². The highest BCUT2D eigenvalue weighted by atomic mass is 32.2. The van der Waals surface area contributed by atoms with Gasteiger partial charge in [0.2, 0.25) is 9.47 Å². The number of nitrogens with one attached hydrogen (secondary N) is 1. The number of hydrogen-bond donors (Lipinski definition) is 2. The van der Waals surface area contributed by atoms with Gasteiger partial charge in [-0.3, -0.25) is 10.1 Å². The summed E-state index contributed by atoms with van der Waals surface area (Å²) >= 11 is 0.559. The monoisotopic (exact) mass is 445 g/mol. The van der Waals surface area contributed by atoms with Crippen molar-refractivity contribution in [2.24, 2.45) is 5.14 Å². The highest BCUT2D eigenvalue weighted by molar-refractivity contribution is 7.91. The molecule has 3 aromatic rings. The van der Waals surface area contributed by atoms with E-state index in [-0.39, 0.29) is 22.1 Å². The van der Waals surface area contributed by atoms with E-state index in [1.807, 2.05) is 0 Å². The number of nitrogens with zero attached hydrogens (tertiary/aromatic N) is 3. The minimum Gasteiger partial charge on any atom is -0.317 e. The van der Waals surface area contributed by atoms with Crippen molar-refractivity contribution in [3.05, 3.63) is 52.8 Å². The number of benzene rings is 1. The van der Waals surface area contributed by atoms with Crippen LogP contribution in [-0.4, -0.2) is 29.1 Å². The maximum atomic E-state index is 13.4. The summed E-state index contributed by atoms with van der Waals surface area (Å²) in [4.78, 5) is 12.6. The van der Waals surface area contributed by atoms with Crippen molar-refractivity contribution in [2.45, 2.75) is 24.4 Å². The Morgan fingerprint density at radius 2 is 1.86 bits per heavy atom. The number of hydrogen-bond acceptors (Lipinski definition) is 6. The highest BCUT2D eigenvalue weighted by Crippen LogP contribution is 2.35. The smallest absolute Gasteiger partial charge is 0.317 e. The second-order valence-corrected chi connectivity index (χ2v) is 8.72. The molecule has 154 valence electrons. The molecule has 13 heteroatoms. The van der Waals surface area contributed by atoms with Crippen molar-refractivity contribution in [3.8, 4) is 5.69 Å². The van der Waals surface area contributed by atoms with Gasteiger partial charge in [-0.2, -0.15) is 13.2 Å². The van der Waals surface area contributed by atoms with Crippen LogP contribution < -0.4 is 10.5 Å². The molecule has 3 N–H and O–H groups in total. The summed E-state index contributed by atoms with van der Waals surface area (Å²) < 4.78 is 63.5. The van der Waals surface area contributed by atoms with Gasteiger partial charge in [-0.25, -0.2) is 13.6 Å². The van der Waals surface area contributed by atoms with Gasteiger partial charge in [-0.05, 0) is 32.0 Å². The third kappa shape index (κ3) is 4.16. The van der Waals surface area contributed by atoms with Gasteiger partial charge in [-0.15, -0.1) is 10.2 Å². The summed E-state index contributed by atoms with van der Waals surface area (Å²) in [5.74, 6) is -0.675. The van der Waals surface area contributed by atoms with Crippen LogP contribution >= 0.6 is 11.3 Å². The molecule has 0 aliphatic carbocycles. The predicted octanol–water partition coefficient (Wildman–Crippen LogP) is 2.86. The van der Waals surface area contributed by atoms with E-state index in [1.165, 1.54) is 35.8 Å². The molecule has 0 aliphatic heterocycles. The molecule has 3 rings (SSSR count). The van der Waals surface area contributed by atoms with Crippen molar-refractivity contribution in [2.75, 3.05) is 5.32 Å².